The van der Waals surface area contributed by atoms with E-state index >= 15 is 0 Å². The van der Waals surface area contributed by atoms with Gasteiger partial charge in [0.05, 0.1) is 0 Å². The number of carbonyl (C=O) groups excluding carboxylic acids is 2. The number of hydrogen-bond acceptors (Lipinski definition) is 2. The van der Waals surface area contributed by atoms with Crippen LogP contribution in [-0.2, 0) is 9.59 Å². The summed E-state index contributed by atoms with van der Waals surface area (Å²) in [5.41, 5.74) is -1.05. The summed E-state index contributed by atoms with van der Waals surface area (Å²) in [6.07, 6.45) is 13.0. The molecule has 2 N–H and O–H groups in total. The molecular weight excluding hydrogens is 324 g/mol. The van der Waals surface area contributed by atoms with Crippen LogP contribution in [0.2, 0.25) is 0 Å². The van der Waals surface area contributed by atoms with Crippen molar-refractivity contribution in [3.8, 4) is 0 Å². The molecule has 152 valence electrons. The third-order valence-electron chi connectivity index (χ3n) is 5.28. The lowest BCUT2D eigenvalue weighted by Crippen LogP contribution is -2.54. The van der Waals surface area contributed by atoms with Crippen molar-refractivity contribution in [1.82, 2.24) is 10.6 Å². The van der Waals surface area contributed by atoms with E-state index in [1.807, 2.05) is 20.8 Å². The molecule has 0 aliphatic rings. The molecule has 0 rings (SSSR count). The molecule has 0 heterocycles. The number of rotatable bonds is 16. The smallest absolute Gasteiger partial charge is 0.236 e. The van der Waals surface area contributed by atoms with Crippen LogP contribution >= 0.6 is 0 Å². The second-order valence-electron chi connectivity index (χ2n) is 7.35. The van der Waals surface area contributed by atoms with Gasteiger partial charge in [0.2, 0.25) is 11.8 Å². The van der Waals surface area contributed by atoms with E-state index in [1.54, 1.807) is 6.08 Å². The molecule has 0 saturated heterocycles. The minimum absolute atomic E-state index is 0.0151. The van der Waals surface area contributed by atoms with E-state index in [9.17, 15) is 9.59 Å². The van der Waals surface area contributed by atoms with Crippen molar-refractivity contribution < 1.29 is 9.59 Å². The molecule has 0 saturated carbocycles. The van der Waals surface area contributed by atoms with Gasteiger partial charge in [0.1, 0.15) is 5.41 Å². The average molecular weight is 367 g/mol. The van der Waals surface area contributed by atoms with E-state index in [-0.39, 0.29) is 17.7 Å². The molecule has 4 heteroatoms. The van der Waals surface area contributed by atoms with Gasteiger partial charge < -0.3 is 10.6 Å². The summed E-state index contributed by atoms with van der Waals surface area (Å²) in [6, 6.07) is 0. The van der Waals surface area contributed by atoms with Crippen LogP contribution in [0.25, 0.3) is 0 Å². The minimum atomic E-state index is -1.05. The van der Waals surface area contributed by atoms with Crippen LogP contribution in [0.15, 0.2) is 12.7 Å². The summed E-state index contributed by atoms with van der Waals surface area (Å²) >= 11 is 0. The van der Waals surface area contributed by atoms with Gasteiger partial charge in [-0.05, 0) is 32.6 Å². The lowest BCUT2D eigenvalue weighted by molar-refractivity contribution is -0.147. The Balaban J connectivity index is 4.77. The van der Waals surface area contributed by atoms with Crippen LogP contribution in [0.1, 0.15) is 91.9 Å². The second-order valence-corrected chi connectivity index (χ2v) is 7.35. The van der Waals surface area contributed by atoms with E-state index in [4.69, 9.17) is 0 Å². The first-order chi connectivity index (χ1) is 12.5. The van der Waals surface area contributed by atoms with Gasteiger partial charge in [-0.15, -0.1) is 6.58 Å². The predicted octanol–water partition coefficient (Wildman–Crippen LogP) is 4.99. The SMILES string of the molecule is C=CCC(C(=O)NCC)(C(=O)NCC)C(C)CCCCCCCCCC. The Morgan fingerprint density at radius 3 is 1.77 bits per heavy atom. The second kappa shape index (κ2) is 14.8. The highest BCUT2D eigenvalue weighted by atomic mass is 16.2. The number of unbranched alkanes of at least 4 members (excludes halogenated alkanes) is 7. The number of carbonyl (C=O) groups is 2. The maximum atomic E-state index is 12.8. The lowest BCUT2D eigenvalue weighted by Gasteiger charge is -2.35. The number of allylic oxidation sites excluding steroid dienone is 1. The van der Waals surface area contributed by atoms with Crippen molar-refractivity contribution >= 4 is 11.8 Å². The molecule has 2 amide bonds. The van der Waals surface area contributed by atoms with E-state index in [0.717, 1.165) is 12.8 Å². The maximum absolute atomic E-state index is 12.8. The van der Waals surface area contributed by atoms with Crippen molar-refractivity contribution in [1.29, 1.82) is 0 Å². The Kier molecular flexibility index (Phi) is 14.1. The van der Waals surface area contributed by atoms with Crippen molar-refractivity contribution in [2.75, 3.05) is 13.1 Å². The first kappa shape index (κ1) is 24.7. The normalized spacial score (nSPS) is 12.5. The van der Waals surface area contributed by atoms with E-state index < -0.39 is 5.41 Å². The zero-order valence-corrected chi connectivity index (χ0v) is 17.7. The molecule has 26 heavy (non-hydrogen) atoms. The van der Waals surface area contributed by atoms with Gasteiger partial charge in [-0.25, -0.2) is 0 Å². The van der Waals surface area contributed by atoms with Gasteiger partial charge in [-0.2, -0.15) is 0 Å². The third-order valence-corrected chi connectivity index (χ3v) is 5.28. The Hall–Kier alpha value is -1.32. The van der Waals surface area contributed by atoms with Gasteiger partial charge in [0.15, 0.2) is 0 Å². The molecule has 0 aliphatic heterocycles. The van der Waals surface area contributed by atoms with Crippen LogP contribution in [-0.4, -0.2) is 24.9 Å². The van der Waals surface area contributed by atoms with Crippen molar-refractivity contribution in [2.24, 2.45) is 11.3 Å². The largest absolute Gasteiger partial charge is 0.355 e. The topological polar surface area (TPSA) is 58.2 Å². The quantitative estimate of drug-likeness (QED) is 0.230. The Labute approximate surface area is 161 Å². The van der Waals surface area contributed by atoms with Crippen LogP contribution in [0.5, 0.6) is 0 Å². The molecule has 1 atom stereocenters. The van der Waals surface area contributed by atoms with Gasteiger partial charge in [0, 0.05) is 13.1 Å². The third kappa shape index (κ3) is 7.92. The highest BCUT2D eigenvalue weighted by Crippen LogP contribution is 2.36. The zero-order valence-electron chi connectivity index (χ0n) is 17.7. The first-order valence-corrected chi connectivity index (χ1v) is 10.7. The Morgan fingerprint density at radius 1 is 0.885 bits per heavy atom. The van der Waals surface area contributed by atoms with E-state index in [2.05, 4.69) is 24.1 Å². The van der Waals surface area contributed by atoms with Crippen LogP contribution in [0.3, 0.4) is 0 Å². The summed E-state index contributed by atoms with van der Waals surface area (Å²) in [6.45, 7) is 12.9. The zero-order chi connectivity index (χ0) is 19.8. The van der Waals surface area contributed by atoms with Crippen molar-refractivity contribution in [2.45, 2.75) is 91.9 Å². The van der Waals surface area contributed by atoms with E-state index in [0.29, 0.717) is 19.5 Å². The monoisotopic (exact) mass is 366 g/mol. The molecule has 1 unspecified atom stereocenters. The molecular formula is C22H42N2O2. The number of nitrogens with one attached hydrogen (secondary N) is 2. The van der Waals surface area contributed by atoms with Crippen LogP contribution in [0, 0.1) is 11.3 Å². The fourth-order valence-corrected chi connectivity index (χ4v) is 3.63. The van der Waals surface area contributed by atoms with Crippen LogP contribution < -0.4 is 10.6 Å². The molecule has 0 aromatic carbocycles. The highest BCUT2D eigenvalue weighted by Gasteiger charge is 2.48. The number of amides is 2. The summed E-state index contributed by atoms with van der Waals surface area (Å²) in [7, 11) is 0. The van der Waals surface area contributed by atoms with E-state index in [1.165, 1.54) is 44.9 Å². The summed E-state index contributed by atoms with van der Waals surface area (Å²) in [4.78, 5) is 25.7. The summed E-state index contributed by atoms with van der Waals surface area (Å²) < 4.78 is 0. The first-order valence-electron chi connectivity index (χ1n) is 10.7. The van der Waals surface area contributed by atoms with Gasteiger partial charge in [-0.3, -0.25) is 9.59 Å². The molecule has 0 spiro atoms. The molecule has 0 fully saturated rings. The van der Waals surface area contributed by atoms with Gasteiger partial charge >= 0.3 is 0 Å². The molecule has 0 radical (unpaired) electrons. The lowest BCUT2D eigenvalue weighted by atomic mass is 9.69. The molecule has 0 aromatic rings. The molecule has 0 aromatic heterocycles. The fourth-order valence-electron chi connectivity index (χ4n) is 3.63. The molecule has 0 aliphatic carbocycles. The van der Waals surface area contributed by atoms with Crippen molar-refractivity contribution in [3.63, 3.8) is 0 Å². The van der Waals surface area contributed by atoms with Gasteiger partial charge in [-0.1, -0.05) is 71.3 Å². The fraction of sp³-hybridized carbons (Fsp3) is 0.818. The standard InChI is InChI=1S/C22H42N2O2/c1-6-10-11-12-13-14-15-16-17-19(5)22(18-7-2,20(25)23-8-3)21(26)24-9-4/h7,19H,2,6,8-18H2,1,3-5H3,(H,23,25)(H,24,26). The predicted molar refractivity (Wildman–Crippen MR) is 111 cm³/mol. The van der Waals surface area contributed by atoms with Crippen molar-refractivity contribution in [3.05, 3.63) is 12.7 Å². The summed E-state index contributed by atoms with van der Waals surface area (Å²) in [5, 5.41) is 5.75. The maximum Gasteiger partial charge on any atom is 0.236 e. The molecule has 4 nitrogen and oxygen atoms in total. The highest BCUT2D eigenvalue weighted by molar-refractivity contribution is 6.05. The summed E-state index contributed by atoms with van der Waals surface area (Å²) in [5.74, 6) is -0.352. The van der Waals surface area contributed by atoms with Crippen LogP contribution in [0.4, 0.5) is 0 Å². The Bertz CT molecular complexity index is 389. The molecule has 0 bridgehead atoms. The minimum Gasteiger partial charge on any atom is -0.355 e. The Morgan fingerprint density at radius 2 is 1.35 bits per heavy atom. The number of hydrogen-bond donors (Lipinski definition) is 2. The average Bonchev–Trinajstić information content (AvgIpc) is 2.62. The van der Waals surface area contributed by atoms with Gasteiger partial charge in [0.25, 0.3) is 0 Å².